The summed E-state index contributed by atoms with van der Waals surface area (Å²) in [5.41, 5.74) is 2.24. The van der Waals surface area contributed by atoms with Crippen LogP contribution in [0.15, 0.2) is 36.7 Å². The lowest BCUT2D eigenvalue weighted by Gasteiger charge is -2.28. The lowest BCUT2D eigenvalue weighted by Crippen LogP contribution is -2.25. The molecule has 1 heterocycles. The smallest absolute Gasteiger partial charge is 0.314 e. The lowest BCUT2D eigenvalue weighted by molar-refractivity contribution is -0.140. The first kappa shape index (κ1) is 30.7. The van der Waals surface area contributed by atoms with Gasteiger partial charge in [-0.3, -0.25) is 4.79 Å². The molecule has 0 saturated heterocycles. The monoisotopic (exact) mass is 546 g/mol. The van der Waals surface area contributed by atoms with Crippen molar-refractivity contribution in [2.24, 2.45) is 17.8 Å². The van der Waals surface area contributed by atoms with Gasteiger partial charge in [0.2, 0.25) is 0 Å². The number of carbonyl (C=O) groups is 1. The Bertz CT molecular complexity index is 971. The van der Waals surface area contributed by atoms with Gasteiger partial charge < -0.3 is 4.74 Å². The van der Waals surface area contributed by atoms with Gasteiger partial charge in [0.05, 0.1) is 5.92 Å². The van der Waals surface area contributed by atoms with Crippen LogP contribution in [-0.4, -0.2) is 15.9 Å². The molecule has 0 radical (unpaired) electrons. The van der Waals surface area contributed by atoms with Gasteiger partial charge in [0, 0.05) is 18.0 Å². The fourth-order valence-electron chi connectivity index (χ4n) is 6.92. The van der Waals surface area contributed by atoms with Crippen molar-refractivity contribution in [1.29, 1.82) is 0 Å². The van der Waals surface area contributed by atoms with E-state index in [1.165, 1.54) is 102 Å². The highest BCUT2D eigenvalue weighted by Crippen LogP contribution is 2.38. The van der Waals surface area contributed by atoms with E-state index < -0.39 is 0 Å². The molecule has 40 heavy (non-hydrogen) atoms. The Balaban J connectivity index is 1.17. The third-order valence-electron chi connectivity index (χ3n) is 9.68. The van der Waals surface area contributed by atoms with E-state index in [1.54, 1.807) is 0 Å². The molecule has 0 atom stereocenters. The lowest BCUT2D eigenvalue weighted by atomic mass is 9.77. The maximum Gasteiger partial charge on any atom is 0.314 e. The summed E-state index contributed by atoms with van der Waals surface area (Å²) in [4.78, 5) is 22.1. The average molecular weight is 547 g/mol. The number of hydrogen-bond acceptors (Lipinski definition) is 4. The number of aromatic nitrogens is 2. The molecular formula is C36H54N2O2. The number of ether oxygens (including phenoxy) is 1. The van der Waals surface area contributed by atoms with Crippen LogP contribution in [0, 0.1) is 17.8 Å². The van der Waals surface area contributed by atoms with Crippen molar-refractivity contribution >= 4 is 5.97 Å². The van der Waals surface area contributed by atoms with E-state index in [0.29, 0.717) is 11.7 Å². The van der Waals surface area contributed by atoms with Crippen molar-refractivity contribution in [3.05, 3.63) is 42.2 Å². The molecule has 2 aromatic rings. The van der Waals surface area contributed by atoms with Crippen LogP contribution in [0.4, 0.5) is 0 Å². The molecule has 0 spiro atoms. The number of unbranched alkanes of at least 4 members (excludes halogenated alkanes) is 7. The Morgan fingerprint density at radius 3 is 1.88 bits per heavy atom. The average Bonchev–Trinajstić information content (AvgIpc) is 3.00. The van der Waals surface area contributed by atoms with Gasteiger partial charge in [-0.1, -0.05) is 84.5 Å². The van der Waals surface area contributed by atoms with E-state index in [2.05, 4.69) is 13.8 Å². The minimum Gasteiger partial charge on any atom is -0.426 e. The zero-order chi connectivity index (χ0) is 28.0. The SMILES string of the molecule is CCCCCCCCC[C@H]1CC[C@H](c2cnc(-c3ccc(OC(=O)[C@H]4CC[C@H](CCCC)CC4)cc3)nc2)CC1. The molecule has 0 bridgehead atoms. The van der Waals surface area contributed by atoms with Crippen LogP contribution >= 0.6 is 0 Å². The molecule has 0 aliphatic heterocycles. The van der Waals surface area contributed by atoms with Crippen LogP contribution in [0.25, 0.3) is 11.4 Å². The van der Waals surface area contributed by atoms with Crippen LogP contribution in [0.5, 0.6) is 5.75 Å². The highest BCUT2D eigenvalue weighted by molar-refractivity contribution is 5.75. The molecule has 4 heteroatoms. The van der Waals surface area contributed by atoms with Gasteiger partial charge in [0.1, 0.15) is 5.75 Å². The van der Waals surface area contributed by atoms with Gasteiger partial charge in [0.25, 0.3) is 0 Å². The van der Waals surface area contributed by atoms with E-state index in [0.717, 1.165) is 48.9 Å². The Morgan fingerprint density at radius 1 is 0.700 bits per heavy atom. The fraction of sp³-hybridized carbons (Fsp3) is 0.694. The van der Waals surface area contributed by atoms with Crippen molar-refractivity contribution < 1.29 is 9.53 Å². The second kappa shape index (κ2) is 16.9. The van der Waals surface area contributed by atoms with E-state index in [-0.39, 0.29) is 11.9 Å². The Morgan fingerprint density at radius 2 is 1.25 bits per heavy atom. The molecule has 4 nitrogen and oxygen atoms in total. The third kappa shape index (κ3) is 9.70. The normalized spacial score (nSPS) is 23.1. The Hall–Kier alpha value is -2.23. The molecule has 1 aromatic heterocycles. The summed E-state index contributed by atoms with van der Waals surface area (Å²) in [5.74, 6) is 3.64. The molecule has 220 valence electrons. The first-order chi connectivity index (χ1) is 19.7. The summed E-state index contributed by atoms with van der Waals surface area (Å²) in [6, 6.07) is 7.69. The quantitative estimate of drug-likeness (QED) is 0.127. The second-order valence-corrected chi connectivity index (χ2v) is 12.8. The minimum absolute atomic E-state index is 0.0452. The van der Waals surface area contributed by atoms with E-state index in [1.807, 2.05) is 36.7 Å². The maximum absolute atomic E-state index is 12.7. The summed E-state index contributed by atoms with van der Waals surface area (Å²) in [6.45, 7) is 4.54. The number of carbonyl (C=O) groups excluding carboxylic acids is 1. The van der Waals surface area contributed by atoms with Gasteiger partial charge in [-0.25, -0.2) is 9.97 Å². The zero-order valence-electron chi connectivity index (χ0n) is 25.4. The van der Waals surface area contributed by atoms with Crippen LogP contribution in [0.2, 0.25) is 0 Å². The standard InChI is InChI=1S/C36H54N2O2/c1-3-5-7-8-9-10-11-13-29-14-18-30(19-15-29)33-26-37-35(38-27-33)31-22-24-34(25-23-31)40-36(39)32-20-16-28(17-21-32)12-6-4-2/h22-30,32H,3-21H2,1-2H3/t28-,29-,30-,32-. The molecule has 2 saturated carbocycles. The number of benzene rings is 1. The maximum atomic E-state index is 12.7. The summed E-state index contributed by atoms with van der Waals surface area (Å²) in [6.07, 6.45) is 28.7. The van der Waals surface area contributed by atoms with E-state index in [9.17, 15) is 4.79 Å². The van der Waals surface area contributed by atoms with Crippen molar-refractivity contribution in [3.8, 4) is 17.1 Å². The van der Waals surface area contributed by atoms with Crippen LogP contribution in [0.1, 0.15) is 147 Å². The first-order valence-electron chi connectivity index (χ1n) is 16.8. The molecule has 0 amide bonds. The number of hydrogen-bond donors (Lipinski definition) is 0. The van der Waals surface area contributed by atoms with Gasteiger partial charge in [-0.15, -0.1) is 0 Å². The van der Waals surface area contributed by atoms with Gasteiger partial charge in [-0.2, -0.15) is 0 Å². The van der Waals surface area contributed by atoms with E-state index in [4.69, 9.17) is 14.7 Å². The van der Waals surface area contributed by atoms with Crippen molar-refractivity contribution in [2.45, 2.75) is 142 Å². The summed E-state index contributed by atoms with van der Waals surface area (Å²) >= 11 is 0. The Kier molecular flexibility index (Phi) is 13.0. The van der Waals surface area contributed by atoms with Crippen LogP contribution < -0.4 is 4.74 Å². The van der Waals surface area contributed by atoms with Gasteiger partial charge in [0.15, 0.2) is 5.82 Å². The zero-order valence-corrected chi connectivity index (χ0v) is 25.4. The van der Waals surface area contributed by atoms with Crippen molar-refractivity contribution in [3.63, 3.8) is 0 Å². The largest absolute Gasteiger partial charge is 0.426 e. The van der Waals surface area contributed by atoms with Crippen molar-refractivity contribution in [2.75, 3.05) is 0 Å². The van der Waals surface area contributed by atoms with Crippen LogP contribution in [0.3, 0.4) is 0 Å². The third-order valence-corrected chi connectivity index (χ3v) is 9.68. The molecule has 0 N–H and O–H groups in total. The highest BCUT2D eigenvalue weighted by Gasteiger charge is 2.27. The fourth-order valence-corrected chi connectivity index (χ4v) is 6.92. The molecule has 2 aliphatic rings. The molecule has 0 unspecified atom stereocenters. The summed E-state index contributed by atoms with van der Waals surface area (Å²) < 4.78 is 5.74. The summed E-state index contributed by atoms with van der Waals surface area (Å²) in [7, 11) is 0. The first-order valence-corrected chi connectivity index (χ1v) is 16.8. The van der Waals surface area contributed by atoms with E-state index >= 15 is 0 Å². The number of esters is 1. The molecule has 2 fully saturated rings. The topological polar surface area (TPSA) is 52.1 Å². The predicted octanol–water partition coefficient (Wildman–Crippen LogP) is 10.5. The molecule has 2 aliphatic carbocycles. The van der Waals surface area contributed by atoms with Crippen LogP contribution in [-0.2, 0) is 4.79 Å². The molecule has 1 aromatic carbocycles. The number of nitrogens with zero attached hydrogens (tertiary/aromatic N) is 2. The Labute approximate surface area is 244 Å². The van der Waals surface area contributed by atoms with Gasteiger partial charge in [-0.05, 0) is 98.9 Å². The number of rotatable bonds is 15. The molecular weight excluding hydrogens is 492 g/mol. The predicted molar refractivity (Wildman–Crippen MR) is 165 cm³/mol. The summed E-state index contributed by atoms with van der Waals surface area (Å²) in [5, 5.41) is 0. The van der Waals surface area contributed by atoms with Gasteiger partial charge >= 0.3 is 5.97 Å². The van der Waals surface area contributed by atoms with Crippen molar-refractivity contribution in [1.82, 2.24) is 9.97 Å². The minimum atomic E-state index is -0.0700. The highest BCUT2D eigenvalue weighted by atomic mass is 16.5. The molecule has 4 rings (SSSR count). The second-order valence-electron chi connectivity index (χ2n) is 12.8.